The van der Waals surface area contributed by atoms with E-state index in [1.807, 2.05) is 25.1 Å². The molecule has 0 aliphatic carbocycles. The zero-order valence-electron chi connectivity index (χ0n) is 11.7. The highest BCUT2D eigenvalue weighted by Gasteiger charge is 2.17. The lowest BCUT2D eigenvalue weighted by Crippen LogP contribution is -2.19. The van der Waals surface area contributed by atoms with Crippen LogP contribution in [0.25, 0.3) is 0 Å². The molecule has 0 saturated heterocycles. The first-order valence-electron chi connectivity index (χ1n) is 6.33. The molecule has 0 spiro atoms. The Labute approximate surface area is 123 Å². The number of hydrogen-bond donors (Lipinski definition) is 1. The van der Waals surface area contributed by atoms with Crippen LogP contribution in [0.15, 0.2) is 36.4 Å². The molecule has 1 N–H and O–H groups in total. The maximum atomic E-state index is 14.1. The summed E-state index contributed by atoms with van der Waals surface area (Å²) in [5, 5.41) is 3.67. The number of methoxy groups -OCH3 is 1. The van der Waals surface area contributed by atoms with Crippen LogP contribution in [0.2, 0.25) is 5.02 Å². The van der Waals surface area contributed by atoms with Crippen molar-refractivity contribution in [2.75, 3.05) is 14.2 Å². The second-order valence-corrected chi connectivity index (χ2v) is 5.05. The predicted octanol–water partition coefficient (Wildman–Crippen LogP) is 4.10. The van der Waals surface area contributed by atoms with Gasteiger partial charge >= 0.3 is 0 Å². The average Bonchev–Trinajstić information content (AvgIpc) is 2.45. The molecule has 2 rings (SSSR count). The average molecular weight is 294 g/mol. The van der Waals surface area contributed by atoms with Gasteiger partial charge in [-0.3, -0.25) is 0 Å². The lowest BCUT2D eigenvalue weighted by Gasteiger charge is -2.19. The smallest absolute Gasteiger partial charge is 0.137 e. The van der Waals surface area contributed by atoms with E-state index in [1.165, 1.54) is 6.07 Å². The van der Waals surface area contributed by atoms with Crippen LogP contribution in [0.3, 0.4) is 0 Å². The molecule has 1 atom stereocenters. The van der Waals surface area contributed by atoms with Crippen molar-refractivity contribution in [2.24, 2.45) is 0 Å². The summed E-state index contributed by atoms with van der Waals surface area (Å²) in [6.45, 7) is 1.94. The molecule has 0 heterocycles. The quantitative estimate of drug-likeness (QED) is 0.916. The van der Waals surface area contributed by atoms with Gasteiger partial charge in [0.2, 0.25) is 0 Å². The van der Waals surface area contributed by atoms with Crippen molar-refractivity contribution in [3.63, 3.8) is 0 Å². The van der Waals surface area contributed by atoms with Crippen LogP contribution in [0.1, 0.15) is 22.7 Å². The first kappa shape index (κ1) is 14.8. The van der Waals surface area contributed by atoms with Gasteiger partial charge in [-0.25, -0.2) is 4.39 Å². The largest absolute Gasteiger partial charge is 0.495 e. The summed E-state index contributed by atoms with van der Waals surface area (Å²) < 4.78 is 19.3. The molecule has 4 heteroatoms. The minimum Gasteiger partial charge on any atom is -0.495 e. The summed E-state index contributed by atoms with van der Waals surface area (Å²) in [4.78, 5) is 0. The fraction of sp³-hybridized carbons (Fsp3) is 0.250. The lowest BCUT2D eigenvalue weighted by atomic mass is 9.96. The highest BCUT2D eigenvalue weighted by atomic mass is 35.5. The number of nitrogens with one attached hydrogen (secondary N) is 1. The molecule has 0 radical (unpaired) electrons. The van der Waals surface area contributed by atoms with Gasteiger partial charge in [-0.2, -0.15) is 0 Å². The van der Waals surface area contributed by atoms with Crippen LogP contribution in [-0.4, -0.2) is 14.2 Å². The summed E-state index contributed by atoms with van der Waals surface area (Å²) in [7, 11) is 3.36. The number of halogens is 2. The maximum absolute atomic E-state index is 14.1. The molecule has 2 aromatic rings. The van der Waals surface area contributed by atoms with Crippen molar-refractivity contribution in [3.8, 4) is 5.75 Å². The SMILES string of the molecule is CNC(c1ccc(Cl)c(OC)c1)c1cc(C)ccc1F. The number of rotatable bonds is 4. The van der Waals surface area contributed by atoms with Crippen LogP contribution in [0, 0.1) is 12.7 Å². The summed E-state index contributed by atoms with van der Waals surface area (Å²) in [6, 6.07) is 10.3. The van der Waals surface area contributed by atoms with Crippen molar-refractivity contribution < 1.29 is 9.13 Å². The number of hydrogen-bond acceptors (Lipinski definition) is 2. The molecule has 0 aliphatic heterocycles. The molecule has 106 valence electrons. The van der Waals surface area contributed by atoms with E-state index in [9.17, 15) is 4.39 Å². The van der Waals surface area contributed by atoms with Crippen LogP contribution in [-0.2, 0) is 0 Å². The fourth-order valence-electron chi connectivity index (χ4n) is 2.24. The van der Waals surface area contributed by atoms with Crippen molar-refractivity contribution in [1.29, 1.82) is 0 Å². The normalized spacial score (nSPS) is 12.2. The number of aryl methyl sites for hydroxylation is 1. The Hall–Kier alpha value is -1.58. The first-order valence-corrected chi connectivity index (χ1v) is 6.71. The Morgan fingerprint density at radius 1 is 1.20 bits per heavy atom. The Bertz CT molecular complexity index is 615. The number of benzene rings is 2. The monoisotopic (exact) mass is 293 g/mol. The second kappa shape index (κ2) is 6.25. The molecule has 0 aromatic heterocycles. The molecule has 1 unspecified atom stereocenters. The van der Waals surface area contributed by atoms with E-state index in [2.05, 4.69) is 5.32 Å². The van der Waals surface area contributed by atoms with E-state index in [-0.39, 0.29) is 11.9 Å². The van der Waals surface area contributed by atoms with Gasteiger partial charge in [-0.05, 0) is 37.7 Å². The van der Waals surface area contributed by atoms with Crippen molar-refractivity contribution in [3.05, 3.63) is 63.9 Å². The molecule has 2 nitrogen and oxygen atoms in total. The second-order valence-electron chi connectivity index (χ2n) is 4.64. The van der Waals surface area contributed by atoms with Gasteiger partial charge in [0, 0.05) is 5.56 Å². The minimum atomic E-state index is -0.249. The first-order chi connectivity index (χ1) is 9.56. The third-order valence-electron chi connectivity index (χ3n) is 3.26. The number of ether oxygens (including phenoxy) is 1. The Morgan fingerprint density at radius 3 is 2.60 bits per heavy atom. The fourth-order valence-corrected chi connectivity index (χ4v) is 2.44. The Kier molecular flexibility index (Phi) is 4.63. The molecule has 0 aliphatic rings. The zero-order chi connectivity index (χ0) is 14.7. The molecule has 0 amide bonds. The minimum absolute atomic E-state index is 0.233. The van der Waals surface area contributed by atoms with Crippen LogP contribution < -0.4 is 10.1 Å². The van der Waals surface area contributed by atoms with E-state index in [0.717, 1.165) is 11.1 Å². The summed E-state index contributed by atoms with van der Waals surface area (Å²) >= 11 is 6.03. The van der Waals surface area contributed by atoms with E-state index in [4.69, 9.17) is 16.3 Å². The Morgan fingerprint density at radius 2 is 1.95 bits per heavy atom. The lowest BCUT2D eigenvalue weighted by molar-refractivity contribution is 0.414. The third kappa shape index (κ3) is 2.94. The molecule has 0 saturated carbocycles. The van der Waals surface area contributed by atoms with Crippen molar-refractivity contribution in [1.82, 2.24) is 5.32 Å². The van der Waals surface area contributed by atoms with Crippen molar-refractivity contribution in [2.45, 2.75) is 13.0 Å². The summed E-state index contributed by atoms with van der Waals surface area (Å²) in [5.41, 5.74) is 2.53. The maximum Gasteiger partial charge on any atom is 0.137 e. The van der Waals surface area contributed by atoms with Gasteiger partial charge in [0.25, 0.3) is 0 Å². The molecular formula is C16H17ClFNO. The van der Waals surface area contributed by atoms with Gasteiger partial charge in [0.15, 0.2) is 0 Å². The molecule has 0 fully saturated rings. The van der Waals surface area contributed by atoms with Crippen LogP contribution in [0.4, 0.5) is 4.39 Å². The zero-order valence-corrected chi connectivity index (χ0v) is 12.5. The summed E-state index contributed by atoms with van der Waals surface area (Å²) in [5.74, 6) is 0.348. The molecule has 20 heavy (non-hydrogen) atoms. The van der Waals surface area contributed by atoms with Gasteiger partial charge in [-0.1, -0.05) is 35.4 Å². The van der Waals surface area contributed by atoms with E-state index in [0.29, 0.717) is 16.3 Å². The van der Waals surface area contributed by atoms with E-state index < -0.39 is 0 Å². The third-order valence-corrected chi connectivity index (χ3v) is 3.57. The highest BCUT2D eigenvalue weighted by molar-refractivity contribution is 6.32. The van der Waals surface area contributed by atoms with Crippen molar-refractivity contribution >= 4 is 11.6 Å². The standard InChI is InChI=1S/C16H17ClFNO/c1-10-4-7-14(18)12(8-10)16(19-2)11-5-6-13(17)15(9-11)20-3/h4-9,16,19H,1-3H3. The van der Waals surface area contributed by atoms with Crippen LogP contribution >= 0.6 is 11.6 Å². The van der Waals surface area contributed by atoms with Gasteiger partial charge < -0.3 is 10.1 Å². The highest BCUT2D eigenvalue weighted by Crippen LogP contribution is 2.31. The van der Waals surface area contributed by atoms with Gasteiger partial charge in [0.1, 0.15) is 11.6 Å². The van der Waals surface area contributed by atoms with Crippen LogP contribution in [0.5, 0.6) is 5.75 Å². The van der Waals surface area contributed by atoms with E-state index in [1.54, 1.807) is 26.3 Å². The van der Waals surface area contributed by atoms with Gasteiger partial charge in [-0.15, -0.1) is 0 Å². The Balaban J connectivity index is 2.49. The van der Waals surface area contributed by atoms with E-state index >= 15 is 0 Å². The summed E-state index contributed by atoms with van der Waals surface area (Å²) in [6.07, 6.45) is 0. The topological polar surface area (TPSA) is 21.3 Å². The van der Waals surface area contributed by atoms with Gasteiger partial charge in [0.05, 0.1) is 18.2 Å². The molecular weight excluding hydrogens is 277 g/mol. The molecule has 2 aromatic carbocycles. The predicted molar refractivity (Wildman–Crippen MR) is 80.0 cm³/mol. The molecule has 0 bridgehead atoms.